The molecule has 2 N–H and O–H groups in total. The molecular weight excluding hydrogens is 229 g/mol. The van der Waals surface area contributed by atoms with Gasteiger partial charge in [-0.15, -0.1) is 0 Å². The second-order valence-corrected chi connectivity index (χ2v) is 4.12. The fourth-order valence-corrected chi connectivity index (χ4v) is 1.94. The molecule has 0 atom stereocenters. The van der Waals surface area contributed by atoms with Crippen molar-refractivity contribution in [3.8, 4) is 16.9 Å². The molecule has 2 aromatic rings. The maximum absolute atomic E-state index is 13.6. The lowest BCUT2D eigenvalue weighted by atomic mass is 10.0. The largest absolute Gasteiger partial charge is 0.494 e. The number of anilines is 1. The van der Waals surface area contributed by atoms with Crippen LogP contribution in [0.25, 0.3) is 11.1 Å². The highest BCUT2D eigenvalue weighted by atomic mass is 19.1. The Morgan fingerprint density at radius 1 is 1.11 bits per heavy atom. The summed E-state index contributed by atoms with van der Waals surface area (Å²) in [6.07, 6.45) is 0.859. The lowest BCUT2D eigenvalue weighted by Crippen LogP contribution is -1.94. The van der Waals surface area contributed by atoms with E-state index in [1.807, 2.05) is 31.2 Å². The Balaban J connectivity index is 2.45. The Morgan fingerprint density at radius 3 is 2.39 bits per heavy atom. The first-order chi connectivity index (χ1) is 8.65. The van der Waals surface area contributed by atoms with Crippen LogP contribution in [0.2, 0.25) is 0 Å². The third kappa shape index (κ3) is 2.30. The summed E-state index contributed by atoms with van der Waals surface area (Å²) < 4.78 is 18.6. The average Bonchev–Trinajstić information content (AvgIpc) is 2.39. The van der Waals surface area contributed by atoms with Crippen LogP contribution in [0.3, 0.4) is 0 Å². The van der Waals surface area contributed by atoms with E-state index in [0.717, 1.165) is 28.8 Å². The van der Waals surface area contributed by atoms with Crippen molar-refractivity contribution >= 4 is 5.69 Å². The fraction of sp³-hybridized carbons (Fsp3) is 0.200. The lowest BCUT2D eigenvalue weighted by Gasteiger charge is -2.08. The number of nitrogens with two attached hydrogens (primary N) is 1. The molecule has 0 aromatic heterocycles. The Hall–Kier alpha value is -2.03. The van der Waals surface area contributed by atoms with Crippen LogP contribution in [0.5, 0.6) is 5.75 Å². The van der Waals surface area contributed by atoms with E-state index in [1.54, 1.807) is 6.07 Å². The van der Waals surface area contributed by atoms with Gasteiger partial charge in [0.05, 0.1) is 7.11 Å². The summed E-state index contributed by atoms with van der Waals surface area (Å²) in [4.78, 5) is 0. The van der Waals surface area contributed by atoms with E-state index in [1.165, 1.54) is 13.2 Å². The highest BCUT2D eigenvalue weighted by Crippen LogP contribution is 2.27. The summed E-state index contributed by atoms with van der Waals surface area (Å²) in [5, 5.41) is 0. The van der Waals surface area contributed by atoms with Crippen molar-refractivity contribution in [2.75, 3.05) is 12.8 Å². The van der Waals surface area contributed by atoms with Gasteiger partial charge in [-0.3, -0.25) is 0 Å². The van der Waals surface area contributed by atoms with Crippen molar-refractivity contribution < 1.29 is 9.13 Å². The normalized spacial score (nSPS) is 10.4. The molecule has 2 nitrogen and oxygen atoms in total. The number of nitrogen functional groups attached to an aromatic ring is 1. The molecule has 0 spiro atoms. The summed E-state index contributed by atoms with van der Waals surface area (Å²) in [6.45, 7) is 2.05. The van der Waals surface area contributed by atoms with E-state index in [4.69, 9.17) is 10.5 Å². The second kappa shape index (κ2) is 5.08. The first-order valence-electron chi connectivity index (χ1n) is 5.88. The SMILES string of the molecule is CCc1cc(-c2ccc(OC)c(F)c2)ccc1N. The van der Waals surface area contributed by atoms with Crippen LogP contribution >= 0.6 is 0 Å². The zero-order valence-electron chi connectivity index (χ0n) is 10.5. The molecule has 94 valence electrons. The number of rotatable bonds is 3. The molecule has 0 saturated carbocycles. The number of aryl methyl sites for hydroxylation is 1. The molecule has 0 aliphatic heterocycles. The smallest absolute Gasteiger partial charge is 0.165 e. The van der Waals surface area contributed by atoms with Gasteiger partial charge in [-0.25, -0.2) is 4.39 Å². The standard InChI is InChI=1S/C15H16FNO/c1-3-10-8-11(4-6-14(10)17)12-5-7-15(18-2)13(16)9-12/h4-9H,3,17H2,1-2H3. The maximum Gasteiger partial charge on any atom is 0.165 e. The molecule has 0 aliphatic carbocycles. The summed E-state index contributed by atoms with van der Waals surface area (Å²) >= 11 is 0. The summed E-state index contributed by atoms with van der Waals surface area (Å²) in [7, 11) is 1.45. The Morgan fingerprint density at radius 2 is 1.78 bits per heavy atom. The number of halogens is 1. The van der Waals surface area contributed by atoms with Gasteiger partial charge in [-0.1, -0.05) is 19.1 Å². The summed E-state index contributed by atoms with van der Waals surface area (Å²) in [5.74, 6) is -0.102. The van der Waals surface area contributed by atoms with Crippen LogP contribution in [-0.2, 0) is 6.42 Å². The van der Waals surface area contributed by atoms with Crippen LogP contribution in [-0.4, -0.2) is 7.11 Å². The quantitative estimate of drug-likeness (QED) is 0.838. The highest BCUT2D eigenvalue weighted by Gasteiger charge is 2.06. The van der Waals surface area contributed by atoms with Gasteiger partial charge < -0.3 is 10.5 Å². The van der Waals surface area contributed by atoms with E-state index in [9.17, 15) is 4.39 Å². The van der Waals surface area contributed by atoms with Crippen molar-refractivity contribution in [1.82, 2.24) is 0 Å². The summed E-state index contributed by atoms with van der Waals surface area (Å²) in [6, 6.07) is 10.7. The van der Waals surface area contributed by atoms with E-state index in [2.05, 4.69) is 0 Å². The van der Waals surface area contributed by atoms with Crippen LogP contribution in [0.4, 0.5) is 10.1 Å². The number of hydrogen-bond acceptors (Lipinski definition) is 2. The fourth-order valence-electron chi connectivity index (χ4n) is 1.94. The third-order valence-corrected chi connectivity index (χ3v) is 3.01. The second-order valence-electron chi connectivity index (χ2n) is 4.12. The van der Waals surface area contributed by atoms with Gasteiger partial charge in [-0.2, -0.15) is 0 Å². The van der Waals surface area contributed by atoms with Crippen molar-refractivity contribution in [2.45, 2.75) is 13.3 Å². The van der Waals surface area contributed by atoms with Gasteiger partial charge in [-0.05, 0) is 47.4 Å². The Bertz CT molecular complexity index is 566. The average molecular weight is 245 g/mol. The number of hydrogen-bond donors (Lipinski definition) is 1. The topological polar surface area (TPSA) is 35.2 Å². The first-order valence-corrected chi connectivity index (χ1v) is 5.88. The number of benzene rings is 2. The molecule has 0 fully saturated rings. The molecule has 0 bridgehead atoms. The minimum Gasteiger partial charge on any atom is -0.494 e. The van der Waals surface area contributed by atoms with Crippen molar-refractivity contribution in [3.63, 3.8) is 0 Å². The molecule has 0 aliphatic rings. The van der Waals surface area contributed by atoms with Gasteiger partial charge in [0.25, 0.3) is 0 Å². The number of ether oxygens (including phenoxy) is 1. The van der Waals surface area contributed by atoms with Gasteiger partial charge in [0.1, 0.15) is 0 Å². The van der Waals surface area contributed by atoms with Crippen molar-refractivity contribution in [1.29, 1.82) is 0 Å². The zero-order valence-corrected chi connectivity index (χ0v) is 10.5. The van der Waals surface area contributed by atoms with Gasteiger partial charge >= 0.3 is 0 Å². The number of methoxy groups -OCH3 is 1. The van der Waals surface area contributed by atoms with E-state index >= 15 is 0 Å². The van der Waals surface area contributed by atoms with Gasteiger partial charge in [0, 0.05) is 5.69 Å². The minimum atomic E-state index is -0.357. The predicted octanol–water partition coefficient (Wildman–Crippen LogP) is 3.65. The molecule has 0 amide bonds. The first kappa shape index (κ1) is 12.4. The summed E-state index contributed by atoms with van der Waals surface area (Å²) in [5.41, 5.74) is 9.49. The monoisotopic (exact) mass is 245 g/mol. The highest BCUT2D eigenvalue weighted by molar-refractivity contribution is 5.68. The van der Waals surface area contributed by atoms with Gasteiger partial charge in [0.2, 0.25) is 0 Å². The predicted molar refractivity (Wildman–Crippen MR) is 72.2 cm³/mol. The van der Waals surface area contributed by atoms with Crippen LogP contribution in [0.15, 0.2) is 36.4 Å². The van der Waals surface area contributed by atoms with Crippen molar-refractivity contribution in [3.05, 3.63) is 47.8 Å². The Kier molecular flexibility index (Phi) is 3.51. The molecule has 0 heterocycles. The molecule has 0 saturated heterocycles. The lowest BCUT2D eigenvalue weighted by molar-refractivity contribution is 0.386. The van der Waals surface area contributed by atoms with Crippen LogP contribution in [0.1, 0.15) is 12.5 Å². The molecule has 2 aromatic carbocycles. The molecule has 2 rings (SSSR count). The minimum absolute atomic E-state index is 0.255. The van der Waals surface area contributed by atoms with E-state index < -0.39 is 0 Å². The molecule has 0 radical (unpaired) electrons. The van der Waals surface area contributed by atoms with Crippen LogP contribution < -0.4 is 10.5 Å². The third-order valence-electron chi connectivity index (χ3n) is 3.01. The molecule has 0 unspecified atom stereocenters. The van der Waals surface area contributed by atoms with Crippen molar-refractivity contribution in [2.24, 2.45) is 0 Å². The molecular formula is C15H16FNO. The maximum atomic E-state index is 13.6. The van der Waals surface area contributed by atoms with E-state index in [-0.39, 0.29) is 11.6 Å². The van der Waals surface area contributed by atoms with Crippen LogP contribution in [0, 0.1) is 5.82 Å². The zero-order chi connectivity index (χ0) is 13.1. The Labute approximate surface area is 106 Å². The molecule has 3 heteroatoms. The van der Waals surface area contributed by atoms with Gasteiger partial charge in [0.15, 0.2) is 11.6 Å². The molecule has 18 heavy (non-hydrogen) atoms. The van der Waals surface area contributed by atoms with E-state index in [0.29, 0.717) is 0 Å².